The molecule has 3 saturated heterocycles. The smallest absolute Gasteiger partial charge is 0.246 e. The van der Waals surface area contributed by atoms with E-state index in [0.717, 1.165) is 23.2 Å². The van der Waals surface area contributed by atoms with Gasteiger partial charge < -0.3 is 15.1 Å². The number of amides is 3. The summed E-state index contributed by atoms with van der Waals surface area (Å²) in [4.78, 5) is 43.3. The number of rotatable bonds is 1. The summed E-state index contributed by atoms with van der Waals surface area (Å²) >= 11 is 0. The summed E-state index contributed by atoms with van der Waals surface area (Å²) in [5, 5.41) is 2.99. The highest BCUT2D eigenvalue weighted by Crippen LogP contribution is 2.52. The molecule has 1 aromatic rings. The molecule has 4 aliphatic heterocycles. The third kappa shape index (κ3) is 1.98. The number of nitrogens with zero attached hydrogens (tertiary/aromatic N) is 2. The summed E-state index contributed by atoms with van der Waals surface area (Å²) in [6.45, 7) is 4.58. The van der Waals surface area contributed by atoms with E-state index < -0.39 is 17.5 Å². The summed E-state index contributed by atoms with van der Waals surface area (Å²) in [5.41, 5.74) is 1.82. The number of fused-ring (bicyclic) bond motifs is 4. The molecular weight excluding hydrogens is 342 g/mol. The molecule has 4 heterocycles. The minimum absolute atomic E-state index is 0.00156. The van der Waals surface area contributed by atoms with Gasteiger partial charge in [0.05, 0.1) is 6.04 Å². The fraction of sp³-hybridized carbons (Fsp3) is 0.476. The summed E-state index contributed by atoms with van der Waals surface area (Å²) in [6, 6.07) is 6.29. The maximum Gasteiger partial charge on any atom is 0.246 e. The lowest BCUT2D eigenvalue weighted by Gasteiger charge is -2.41. The molecule has 0 aliphatic carbocycles. The Labute approximate surface area is 158 Å². The molecule has 0 bridgehead atoms. The van der Waals surface area contributed by atoms with Crippen molar-refractivity contribution in [1.82, 2.24) is 9.80 Å². The molecule has 4 aliphatic rings. The van der Waals surface area contributed by atoms with E-state index in [2.05, 4.69) is 5.32 Å². The lowest BCUT2D eigenvalue weighted by atomic mass is 9.73. The predicted molar refractivity (Wildman–Crippen MR) is 100.0 cm³/mol. The summed E-state index contributed by atoms with van der Waals surface area (Å²) in [7, 11) is 0. The largest absolute Gasteiger partial charge is 0.329 e. The zero-order chi connectivity index (χ0) is 18.9. The van der Waals surface area contributed by atoms with Gasteiger partial charge in [0.1, 0.15) is 17.5 Å². The number of carbonyl (C=O) groups excluding carboxylic acids is 3. The molecule has 1 N–H and O–H groups in total. The van der Waals surface area contributed by atoms with Gasteiger partial charge >= 0.3 is 0 Å². The SMILES string of the molecule is CC(C)=C[C@@H]1N2C(=O)[C@@H]3CCCN3C(=O)[C@H]2C[C@@]12C(=O)Nc1ccccc12. The van der Waals surface area contributed by atoms with Crippen molar-refractivity contribution < 1.29 is 14.4 Å². The van der Waals surface area contributed by atoms with Gasteiger partial charge in [0.15, 0.2) is 0 Å². The maximum absolute atomic E-state index is 13.4. The van der Waals surface area contributed by atoms with Crippen LogP contribution >= 0.6 is 0 Å². The van der Waals surface area contributed by atoms with Crippen molar-refractivity contribution in [3.05, 3.63) is 41.5 Å². The number of anilines is 1. The highest BCUT2D eigenvalue weighted by molar-refractivity contribution is 6.10. The molecule has 27 heavy (non-hydrogen) atoms. The van der Waals surface area contributed by atoms with Crippen LogP contribution in [0, 0.1) is 0 Å². The molecular formula is C21H23N3O3. The quantitative estimate of drug-likeness (QED) is 0.772. The first-order valence-corrected chi connectivity index (χ1v) is 9.64. The zero-order valence-corrected chi connectivity index (χ0v) is 15.6. The van der Waals surface area contributed by atoms with Crippen molar-refractivity contribution in [1.29, 1.82) is 0 Å². The van der Waals surface area contributed by atoms with Gasteiger partial charge in [-0.25, -0.2) is 0 Å². The third-order valence-electron chi connectivity index (χ3n) is 6.57. The average molecular weight is 365 g/mol. The second kappa shape index (κ2) is 5.44. The second-order valence-corrected chi connectivity index (χ2v) is 8.32. The lowest BCUT2D eigenvalue weighted by molar-refractivity contribution is -0.158. The molecule has 0 unspecified atom stereocenters. The molecule has 1 spiro atoms. The van der Waals surface area contributed by atoms with Gasteiger partial charge in [-0.3, -0.25) is 14.4 Å². The molecule has 5 rings (SSSR count). The Morgan fingerprint density at radius 2 is 1.93 bits per heavy atom. The molecule has 0 saturated carbocycles. The van der Waals surface area contributed by atoms with Crippen LogP contribution in [0.2, 0.25) is 0 Å². The third-order valence-corrected chi connectivity index (χ3v) is 6.57. The molecule has 6 heteroatoms. The second-order valence-electron chi connectivity index (χ2n) is 8.32. The number of carbonyl (C=O) groups is 3. The monoisotopic (exact) mass is 365 g/mol. The highest BCUT2D eigenvalue weighted by Gasteiger charge is 2.66. The number of hydrogen-bond donors (Lipinski definition) is 1. The van der Waals surface area contributed by atoms with Crippen LogP contribution < -0.4 is 5.32 Å². The van der Waals surface area contributed by atoms with Crippen LogP contribution in [0.5, 0.6) is 0 Å². The Kier molecular flexibility index (Phi) is 3.33. The molecule has 3 amide bonds. The van der Waals surface area contributed by atoms with Crippen molar-refractivity contribution >= 4 is 23.4 Å². The molecule has 140 valence electrons. The number of piperazine rings is 1. The van der Waals surface area contributed by atoms with Crippen LogP contribution in [0.15, 0.2) is 35.9 Å². The number of para-hydroxylation sites is 1. The first-order chi connectivity index (χ1) is 12.9. The van der Waals surface area contributed by atoms with Crippen LogP contribution in [0.3, 0.4) is 0 Å². The van der Waals surface area contributed by atoms with Crippen molar-refractivity contribution in [2.75, 3.05) is 11.9 Å². The van der Waals surface area contributed by atoms with Crippen molar-refractivity contribution in [2.24, 2.45) is 0 Å². The molecule has 0 radical (unpaired) electrons. The van der Waals surface area contributed by atoms with Crippen molar-refractivity contribution in [3.63, 3.8) is 0 Å². The summed E-state index contributed by atoms with van der Waals surface area (Å²) in [5.74, 6) is -0.117. The van der Waals surface area contributed by atoms with Crippen LogP contribution in [0.4, 0.5) is 5.69 Å². The number of benzene rings is 1. The Morgan fingerprint density at radius 3 is 2.70 bits per heavy atom. The van der Waals surface area contributed by atoms with E-state index >= 15 is 0 Å². The average Bonchev–Trinajstić information content (AvgIpc) is 3.31. The first-order valence-electron chi connectivity index (χ1n) is 9.64. The van der Waals surface area contributed by atoms with E-state index in [9.17, 15) is 14.4 Å². The van der Waals surface area contributed by atoms with Gasteiger partial charge in [-0.15, -0.1) is 0 Å². The number of hydrogen-bond acceptors (Lipinski definition) is 3. The zero-order valence-electron chi connectivity index (χ0n) is 15.6. The van der Waals surface area contributed by atoms with E-state index in [-0.39, 0.29) is 23.8 Å². The van der Waals surface area contributed by atoms with Gasteiger partial charge in [-0.1, -0.05) is 29.8 Å². The lowest BCUT2D eigenvalue weighted by Crippen LogP contribution is -2.62. The minimum Gasteiger partial charge on any atom is -0.329 e. The summed E-state index contributed by atoms with van der Waals surface area (Å²) < 4.78 is 0. The van der Waals surface area contributed by atoms with Crippen LogP contribution in [-0.2, 0) is 19.8 Å². The van der Waals surface area contributed by atoms with Crippen molar-refractivity contribution in [2.45, 2.75) is 56.7 Å². The molecule has 4 atom stereocenters. The number of nitrogens with one attached hydrogen (secondary N) is 1. The Hall–Kier alpha value is -2.63. The fourth-order valence-electron chi connectivity index (χ4n) is 5.47. The standard InChI is InChI=1S/C21H23N3O3/c1-12(2)10-17-21(13-6-3-4-7-14(13)22-20(21)27)11-16-18(25)23-9-5-8-15(23)19(26)24(16)17/h3-4,6-7,10,15-17H,5,8-9,11H2,1-2H3,(H,22,27)/t15-,16+,17-,21-/m0/s1. The molecule has 1 aromatic carbocycles. The number of allylic oxidation sites excluding steroid dienone is 1. The van der Waals surface area contributed by atoms with Crippen LogP contribution in [-0.4, -0.2) is 52.2 Å². The van der Waals surface area contributed by atoms with E-state index in [1.165, 1.54) is 0 Å². The minimum atomic E-state index is -0.899. The van der Waals surface area contributed by atoms with Gasteiger partial charge in [0.2, 0.25) is 17.7 Å². The fourth-order valence-corrected chi connectivity index (χ4v) is 5.47. The maximum atomic E-state index is 13.4. The normalized spacial score (nSPS) is 33.9. The topological polar surface area (TPSA) is 69.7 Å². The van der Waals surface area contributed by atoms with Gasteiger partial charge in [-0.2, -0.15) is 0 Å². The van der Waals surface area contributed by atoms with E-state index in [1.54, 1.807) is 9.80 Å². The van der Waals surface area contributed by atoms with E-state index in [0.29, 0.717) is 19.4 Å². The van der Waals surface area contributed by atoms with Crippen LogP contribution in [0.1, 0.15) is 38.7 Å². The van der Waals surface area contributed by atoms with Crippen molar-refractivity contribution in [3.8, 4) is 0 Å². The first kappa shape index (κ1) is 16.5. The van der Waals surface area contributed by atoms with E-state index in [4.69, 9.17) is 0 Å². The predicted octanol–water partition coefficient (Wildman–Crippen LogP) is 1.82. The molecule has 0 aromatic heterocycles. The Bertz CT molecular complexity index is 904. The molecule has 3 fully saturated rings. The Balaban J connectivity index is 1.71. The van der Waals surface area contributed by atoms with Gasteiger partial charge in [-0.05, 0) is 44.7 Å². The summed E-state index contributed by atoms with van der Waals surface area (Å²) in [6.07, 6.45) is 3.92. The van der Waals surface area contributed by atoms with E-state index in [1.807, 2.05) is 44.2 Å². The van der Waals surface area contributed by atoms with Crippen LogP contribution in [0.25, 0.3) is 0 Å². The Morgan fingerprint density at radius 1 is 1.15 bits per heavy atom. The highest BCUT2D eigenvalue weighted by atomic mass is 16.2. The van der Waals surface area contributed by atoms with Gasteiger partial charge in [0.25, 0.3) is 0 Å². The molecule has 6 nitrogen and oxygen atoms in total. The van der Waals surface area contributed by atoms with Gasteiger partial charge in [0, 0.05) is 12.2 Å².